The van der Waals surface area contributed by atoms with Gasteiger partial charge in [-0.2, -0.15) is 0 Å². The molecule has 1 aromatic heterocycles. The minimum Gasteiger partial charge on any atom is -0.454 e. The van der Waals surface area contributed by atoms with Crippen LogP contribution in [0.25, 0.3) is 55.3 Å². The van der Waals surface area contributed by atoms with Crippen molar-refractivity contribution < 1.29 is 4.42 Å². The van der Waals surface area contributed by atoms with Crippen LogP contribution in [0.5, 0.6) is 0 Å². The summed E-state index contributed by atoms with van der Waals surface area (Å²) >= 11 is 0. The summed E-state index contributed by atoms with van der Waals surface area (Å²) in [7, 11) is 0. The fourth-order valence-corrected chi connectivity index (χ4v) is 11.4. The number of furan rings is 1. The van der Waals surface area contributed by atoms with Crippen LogP contribution in [0.1, 0.15) is 73.9 Å². The summed E-state index contributed by atoms with van der Waals surface area (Å²) in [5.41, 5.74) is 20.6. The number of fused-ring (bicyclic) bond motifs is 14. The van der Waals surface area contributed by atoms with Crippen molar-refractivity contribution in [2.24, 2.45) is 0 Å². The monoisotopic (exact) mass is 759 g/mol. The first kappa shape index (κ1) is 34.4. The molecule has 12 rings (SSSR count). The number of nitrogens with zero attached hydrogens (tertiary/aromatic N) is 1. The molecular weight excluding hydrogens is 715 g/mol. The summed E-state index contributed by atoms with van der Waals surface area (Å²) in [5.74, 6) is 0. The van der Waals surface area contributed by atoms with Gasteiger partial charge < -0.3 is 9.32 Å². The predicted octanol–water partition coefficient (Wildman–Crippen LogP) is 15.4. The van der Waals surface area contributed by atoms with Crippen LogP contribution in [0.4, 0.5) is 17.1 Å². The van der Waals surface area contributed by atoms with Gasteiger partial charge in [-0.1, -0.05) is 167 Å². The van der Waals surface area contributed by atoms with E-state index in [0.717, 1.165) is 51.8 Å². The fourth-order valence-electron chi connectivity index (χ4n) is 11.4. The van der Waals surface area contributed by atoms with Gasteiger partial charge in [-0.25, -0.2) is 0 Å². The molecule has 0 amide bonds. The van der Waals surface area contributed by atoms with Crippen LogP contribution in [0, 0.1) is 0 Å². The zero-order chi connectivity index (χ0) is 39.7. The highest BCUT2D eigenvalue weighted by molar-refractivity contribution is 6.11. The second-order valence-electron chi connectivity index (χ2n) is 18.2. The maximum atomic E-state index is 6.89. The highest BCUT2D eigenvalue weighted by atomic mass is 16.3. The van der Waals surface area contributed by atoms with Crippen LogP contribution in [-0.2, 0) is 16.2 Å². The Morgan fingerprint density at radius 2 is 0.949 bits per heavy atom. The molecule has 3 aliphatic carbocycles. The Balaban J connectivity index is 1.26. The van der Waals surface area contributed by atoms with E-state index in [1.165, 1.54) is 66.8 Å². The topological polar surface area (TPSA) is 16.4 Å². The molecule has 0 aliphatic heterocycles. The van der Waals surface area contributed by atoms with Crippen molar-refractivity contribution in [1.82, 2.24) is 0 Å². The largest absolute Gasteiger partial charge is 0.454 e. The summed E-state index contributed by atoms with van der Waals surface area (Å²) in [4.78, 5) is 2.49. The number of rotatable bonds is 4. The molecule has 8 aromatic carbocycles. The third-order valence-electron chi connectivity index (χ3n) is 14.1. The molecule has 0 radical (unpaired) electrons. The van der Waals surface area contributed by atoms with Crippen LogP contribution in [0.15, 0.2) is 180 Å². The second-order valence-corrected chi connectivity index (χ2v) is 18.2. The third kappa shape index (κ3) is 4.63. The van der Waals surface area contributed by atoms with Gasteiger partial charge in [0, 0.05) is 22.0 Å². The number of hydrogen-bond donors (Lipinski definition) is 0. The molecule has 3 aliphatic rings. The summed E-state index contributed by atoms with van der Waals surface area (Å²) in [5, 5.41) is 2.24. The lowest BCUT2D eigenvalue weighted by molar-refractivity contribution is 0.333. The first-order chi connectivity index (χ1) is 28.8. The lowest BCUT2D eigenvalue weighted by atomic mass is 9.61. The minimum atomic E-state index is -0.489. The molecule has 284 valence electrons. The zero-order valence-electron chi connectivity index (χ0n) is 34.0. The van der Waals surface area contributed by atoms with Crippen molar-refractivity contribution >= 4 is 39.0 Å². The van der Waals surface area contributed by atoms with Gasteiger partial charge in [-0.3, -0.25) is 0 Å². The summed E-state index contributed by atoms with van der Waals surface area (Å²) < 4.78 is 6.89. The van der Waals surface area contributed by atoms with Gasteiger partial charge in [0.1, 0.15) is 5.58 Å². The number of benzene rings is 8. The summed E-state index contributed by atoms with van der Waals surface area (Å²) in [6.45, 7) is 9.78. The van der Waals surface area contributed by atoms with Crippen LogP contribution in [-0.4, -0.2) is 0 Å². The van der Waals surface area contributed by atoms with E-state index in [4.69, 9.17) is 4.42 Å². The molecule has 2 nitrogen and oxygen atoms in total. The standard InChI is InChI=1S/C57H45NO/c1-55(2)32-33-56(3,4)53-41(24-16-29-48(53)55)44-34-43-39-22-10-14-28-47(39)57(45-26-12-8-20-37(45)38-21-9-13-27-46(38)57)49(43)35-51(44)58(36-18-6-5-7-19-36)50-30-17-25-42-40-23-11-15-31-52(40)59-54(42)50/h5-31,34-35H,32-33H2,1-4H3. The SMILES string of the molecule is CC1(C)CCC(C)(C)c2c(-c3cc4c(cc3N(c3ccccc3)c3cccc5c3oc3ccccc35)C3(c5ccccc5-c5ccccc53)c3ccccc3-4)cccc21. The van der Waals surface area contributed by atoms with E-state index in [1.807, 2.05) is 0 Å². The van der Waals surface area contributed by atoms with E-state index >= 15 is 0 Å². The van der Waals surface area contributed by atoms with Crippen molar-refractivity contribution in [2.75, 3.05) is 4.90 Å². The normalized spacial score (nSPS) is 16.1. The Morgan fingerprint density at radius 3 is 1.66 bits per heavy atom. The Kier molecular flexibility index (Phi) is 7.11. The molecule has 0 unspecified atom stereocenters. The van der Waals surface area contributed by atoms with Crippen molar-refractivity contribution in [3.63, 3.8) is 0 Å². The molecule has 0 N–H and O–H groups in total. The first-order valence-corrected chi connectivity index (χ1v) is 21.1. The van der Waals surface area contributed by atoms with Gasteiger partial charge in [0.05, 0.1) is 16.8 Å². The predicted molar refractivity (Wildman–Crippen MR) is 245 cm³/mol. The van der Waals surface area contributed by atoms with Gasteiger partial charge in [0.15, 0.2) is 5.58 Å². The Bertz CT molecular complexity index is 3130. The molecule has 59 heavy (non-hydrogen) atoms. The number of para-hydroxylation sites is 3. The first-order valence-electron chi connectivity index (χ1n) is 21.1. The highest BCUT2D eigenvalue weighted by Crippen LogP contribution is 2.65. The van der Waals surface area contributed by atoms with Crippen molar-refractivity contribution in [1.29, 1.82) is 0 Å². The molecule has 0 atom stereocenters. The lowest BCUT2D eigenvalue weighted by Crippen LogP contribution is -2.34. The average molecular weight is 760 g/mol. The molecular formula is C57H45NO. The molecule has 0 bridgehead atoms. The maximum absolute atomic E-state index is 6.89. The van der Waals surface area contributed by atoms with Gasteiger partial charge in [0.2, 0.25) is 0 Å². The Morgan fingerprint density at radius 1 is 0.407 bits per heavy atom. The third-order valence-corrected chi connectivity index (χ3v) is 14.1. The summed E-state index contributed by atoms with van der Waals surface area (Å²) in [6, 6.07) is 65.6. The minimum absolute atomic E-state index is 0.0173. The lowest BCUT2D eigenvalue weighted by Gasteiger charge is -2.43. The van der Waals surface area contributed by atoms with E-state index in [-0.39, 0.29) is 10.8 Å². The Labute approximate surface area is 346 Å². The molecule has 1 spiro atoms. The molecule has 0 saturated heterocycles. The van der Waals surface area contributed by atoms with Gasteiger partial charge in [-0.05, 0) is 121 Å². The molecule has 2 heteroatoms. The fraction of sp³-hybridized carbons (Fsp3) is 0.158. The van der Waals surface area contributed by atoms with Crippen molar-refractivity contribution in [3.05, 3.63) is 209 Å². The van der Waals surface area contributed by atoms with Crippen LogP contribution in [0.3, 0.4) is 0 Å². The van der Waals surface area contributed by atoms with Gasteiger partial charge >= 0.3 is 0 Å². The average Bonchev–Trinajstić information content (AvgIpc) is 3.90. The Hall–Kier alpha value is -6.64. The van der Waals surface area contributed by atoms with Crippen LogP contribution >= 0.6 is 0 Å². The van der Waals surface area contributed by atoms with E-state index in [9.17, 15) is 0 Å². The highest BCUT2D eigenvalue weighted by Gasteiger charge is 2.52. The van der Waals surface area contributed by atoms with Crippen LogP contribution < -0.4 is 4.90 Å². The van der Waals surface area contributed by atoms with Gasteiger partial charge in [-0.15, -0.1) is 0 Å². The molecule has 0 saturated carbocycles. The number of anilines is 3. The van der Waals surface area contributed by atoms with Crippen molar-refractivity contribution in [2.45, 2.75) is 56.8 Å². The quantitative estimate of drug-likeness (QED) is 0.178. The molecule has 0 fully saturated rings. The van der Waals surface area contributed by atoms with E-state index < -0.39 is 5.41 Å². The number of hydrogen-bond acceptors (Lipinski definition) is 2. The van der Waals surface area contributed by atoms with E-state index in [1.54, 1.807) is 0 Å². The van der Waals surface area contributed by atoms with E-state index in [2.05, 4.69) is 209 Å². The van der Waals surface area contributed by atoms with Crippen molar-refractivity contribution in [3.8, 4) is 33.4 Å². The summed E-state index contributed by atoms with van der Waals surface area (Å²) in [6.07, 6.45) is 2.29. The van der Waals surface area contributed by atoms with Gasteiger partial charge in [0.25, 0.3) is 0 Å². The maximum Gasteiger partial charge on any atom is 0.159 e. The molecule has 9 aromatic rings. The van der Waals surface area contributed by atoms with E-state index in [0.29, 0.717) is 0 Å². The zero-order valence-corrected chi connectivity index (χ0v) is 34.0. The molecule has 1 heterocycles. The second kappa shape index (κ2) is 12.2. The van der Waals surface area contributed by atoms with Crippen LogP contribution in [0.2, 0.25) is 0 Å². The smallest absolute Gasteiger partial charge is 0.159 e.